The minimum atomic E-state index is -0.210. The summed E-state index contributed by atoms with van der Waals surface area (Å²) in [5.41, 5.74) is 6.63. The van der Waals surface area contributed by atoms with Crippen molar-refractivity contribution in [2.75, 3.05) is 25.5 Å². The highest BCUT2D eigenvalue weighted by atomic mass is 16.5. The topological polar surface area (TPSA) is 84.7 Å². The Morgan fingerprint density at radius 3 is 2.83 bits per heavy atom. The molecule has 0 saturated heterocycles. The van der Waals surface area contributed by atoms with Gasteiger partial charge in [0.05, 0.1) is 13.7 Å². The molecule has 0 heterocycles. The number of nitrogens with zero attached hydrogens (tertiary/aromatic N) is 1. The normalized spacial score (nSPS) is 20.3. The minimum Gasteiger partial charge on any atom is -0.497 e. The first-order chi connectivity index (χ1) is 11.5. The van der Waals surface area contributed by atoms with Gasteiger partial charge in [-0.15, -0.1) is 0 Å². The van der Waals surface area contributed by atoms with Gasteiger partial charge in [0.15, 0.2) is 0 Å². The molecule has 0 radical (unpaired) electrons. The Morgan fingerprint density at radius 1 is 1.38 bits per heavy atom. The second-order valence-electron chi connectivity index (χ2n) is 6.26. The fraction of sp³-hybridized carbons (Fsp3) is 0.556. The number of nitrogens with two attached hydrogens (primary N) is 1. The van der Waals surface area contributed by atoms with E-state index in [1.807, 2.05) is 13.0 Å². The summed E-state index contributed by atoms with van der Waals surface area (Å²) < 4.78 is 5.14. The number of carbonyl (C=O) groups excluding carboxylic acids is 2. The highest BCUT2D eigenvalue weighted by Crippen LogP contribution is 2.25. The van der Waals surface area contributed by atoms with Gasteiger partial charge in [-0.05, 0) is 38.3 Å². The zero-order valence-corrected chi connectivity index (χ0v) is 14.5. The second-order valence-corrected chi connectivity index (χ2v) is 6.26. The number of hydrogen-bond acceptors (Lipinski definition) is 4. The molecule has 1 saturated carbocycles. The number of benzene rings is 1. The van der Waals surface area contributed by atoms with Gasteiger partial charge in [0.2, 0.25) is 11.8 Å². The first-order valence-electron chi connectivity index (χ1n) is 8.51. The Labute approximate surface area is 143 Å². The zero-order valence-electron chi connectivity index (χ0n) is 14.5. The summed E-state index contributed by atoms with van der Waals surface area (Å²) in [7, 11) is 1.58. The fourth-order valence-electron chi connectivity index (χ4n) is 3.13. The molecule has 24 heavy (non-hydrogen) atoms. The van der Waals surface area contributed by atoms with E-state index < -0.39 is 0 Å². The lowest BCUT2D eigenvalue weighted by Gasteiger charge is -2.30. The number of likely N-dealkylation sites (N-methyl/N-ethyl adjacent to an activating group) is 1. The van der Waals surface area contributed by atoms with Gasteiger partial charge >= 0.3 is 0 Å². The number of ether oxygens (including phenoxy) is 1. The smallest absolute Gasteiger partial charge is 0.243 e. The van der Waals surface area contributed by atoms with Gasteiger partial charge in [-0.2, -0.15) is 0 Å². The molecule has 6 nitrogen and oxygen atoms in total. The van der Waals surface area contributed by atoms with Crippen molar-refractivity contribution in [1.29, 1.82) is 0 Å². The van der Waals surface area contributed by atoms with Crippen LogP contribution in [0.3, 0.4) is 0 Å². The third kappa shape index (κ3) is 4.96. The summed E-state index contributed by atoms with van der Waals surface area (Å²) in [4.78, 5) is 26.5. The van der Waals surface area contributed by atoms with Crippen LogP contribution >= 0.6 is 0 Å². The van der Waals surface area contributed by atoms with Crippen LogP contribution in [0.15, 0.2) is 24.3 Å². The Kier molecular flexibility index (Phi) is 6.61. The van der Waals surface area contributed by atoms with Crippen molar-refractivity contribution in [2.45, 2.75) is 38.6 Å². The lowest BCUT2D eigenvalue weighted by Crippen LogP contribution is -2.43. The van der Waals surface area contributed by atoms with Crippen LogP contribution in [0.4, 0.5) is 5.69 Å². The summed E-state index contributed by atoms with van der Waals surface area (Å²) >= 11 is 0. The van der Waals surface area contributed by atoms with Crippen molar-refractivity contribution in [1.82, 2.24) is 4.90 Å². The zero-order chi connectivity index (χ0) is 17.5. The van der Waals surface area contributed by atoms with Gasteiger partial charge in [-0.1, -0.05) is 12.5 Å². The molecule has 0 aromatic heterocycles. The number of hydrogen-bond donors (Lipinski definition) is 2. The largest absolute Gasteiger partial charge is 0.497 e. The molecule has 132 valence electrons. The van der Waals surface area contributed by atoms with E-state index in [1.54, 1.807) is 30.2 Å². The summed E-state index contributed by atoms with van der Waals surface area (Å²) in [6.07, 6.45) is 3.53. The third-order valence-electron chi connectivity index (χ3n) is 4.45. The van der Waals surface area contributed by atoms with Crippen molar-refractivity contribution >= 4 is 17.5 Å². The maximum atomic E-state index is 12.6. The highest BCUT2D eigenvalue weighted by Gasteiger charge is 2.29. The maximum absolute atomic E-state index is 12.6. The van der Waals surface area contributed by atoms with E-state index in [2.05, 4.69) is 5.32 Å². The SMILES string of the molecule is CCN(CC(=O)Nc1cccc(OC)c1)C(=O)C1CCCC(N)C1. The monoisotopic (exact) mass is 333 g/mol. The van der Waals surface area contributed by atoms with Crippen molar-refractivity contribution in [2.24, 2.45) is 11.7 Å². The van der Waals surface area contributed by atoms with Crippen LogP contribution in [0.2, 0.25) is 0 Å². The molecule has 1 aliphatic carbocycles. The van der Waals surface area contributed by atoms with E-state index >= 15 is 0 Å². The molecule has 1 aromatic rings. The average molecular weight is 333 g/mol. The van der Waals surface area contributed by atoms with Gasteiger partial charge < -0.3 is 20.7 Å². The Morgan fingerprint density at radius 2 is 2.17 bits per heavy atom. The number of rotatable bonds is 6. The Bertz CT molecular complexity index is 576. The first-order valence-corrected chi connectivity index (χ1v) is 8.51. The molecule has 1 aliphatic rings. The highest BCUT2D eigenvalue weighted by molar-refractivity contribution is 5.95. The van der Waals surface area contributed by atoms with E-state index in [9.17, 15) is 9.59 Å². The third-order valence-corrected chi connectivity index (χ3v) is 4.45. The van der Waals surface area contributed by atoms with Crippen LogP contribution in [0.5, 0.6) is 5.75 Å². The van der Waals surface area contributed by atoms with Crippen molar-refractivity contribution in [3.05, 3.63) is 24.3 Å². The number of methoxy groups -OCH3 is 1. The molecular formula is C18H27N3O3. The lowest BCUT2D eigenvalue weighted by atomic mass is 9.85. The number of anilines is 1. The average Bonchev–Trinajstić information content (AvgIpc) is 2.59. The molecule has 1 aromatic carbocycles. The molecular weight excluding hydrogens is 306 g/mol. The summed E-state index contributed by atoms with van der Waals surface area (Å²) in [6, 6.07) is 7.25. The van der Waals surface area contributed by atoms with Crippen molar-refractivity contribution < 1.29 is 14.3 Å². The number of nitrogens with one attached hydrogen (secondary N) is 1. The maximum Gasteiger partial charge on any atom is 0.243 e. The number of amides is 2. The van der Waals surface area contributed by atoms with Gasteiger partial charge in [0, 0.05) is 30.3 Å². The molecule has 0 spiro atoms. The Balaban J connectivity index is 1.93. The van der Waals surface area contributed by atoms with E-state index in [4.69, 9.17) is 10.5 Å². The minimum absolute atomic E-state index is 0.0356. The summed E-state index contributed by atoms with van der Waals surface area (Å²) in [5, 5.41) is 2.81. The predicted molar refractivity (Wildman–Crippen MR) is 93.8 cm³/mol. The molecule has 2 unspecified atom stereocenters. The van der Waals surface area contributed by atoms with Crippen LogP contribution in [-0.2, 0) is 9.59 Å². The van der Waals surface area contributed by atoms with Gasteiger partial charge in [0.1, 0.15) is 5.75 Å². The lowest BCUT2D eigenvalue weighted by molar-refractivity contribution is -0.139. The Hall–Kier alpha value is -2.08. The molecule has 2 atom stereocenters. The van der Waals surface area contributed by atoms with Crippen molar-refractivity contribution in [3.8, 4) is 5.75 Å². The van der Waals surface area contributed by atoms with E-state index in [-0.39, 0.29) is 30.3 Å². The summed E-state index contributed by atoms with van der Waals surface area (Å²) in [6.45, 7) is 2.45. The van der Waals surface area contributed by atoms with E-state index in [0.29, 0.717) is 24.4 Å². The first kappa shape index (κ1) is 18.3. The van der Waals surface area contributed by atoms with Gasteiger partial charge in [0.25, 0.3) is 0 Å². The van der Waals surface area contributed by atoms with Crippen LogP contribution in [0.1, 0.15) is 32.6 Å². The molecule has 0 aliphatic heterocycles. The fourth-order valence-corrected chi connectivity index (χ4v) is 3.13. The number of carbonyl (C=O) groups is 2. The van der Waals surface area contributed by atoms with Gasteiger partial charge in [-0.25, -0.2) is 0 Å². The predicted octanol–water partition coefficient (Wildman–Crippen LogP) is 2.00. The van der Waals surface area contributed by atoms with E-state index in [0.717, 1.165) is 19.3 Å². The van der Waals surface area contributed by atoms with Crippen LogP contribution in [0, 0.1) is 5.92 Å². The quantitative estimate of drug-likeness (QED) is 0.834. The van der Waals surface area contributed by atoms with Gasteiger partial charge in [-0.3, -0.25) is 9.59 Å². The second kappa shape index (κ2) is 8.68. The molecule has 2 amide bonds. The van der Waals surface area contributed by atoms with E-state index in [1.165, 1.54) is 0 Å². The standard InChI is InChI=1S/C18H27N3O3/c1-3-21(18(23)13-6-4-7-14(19)10-13)12-17(22)20-15-8-5-9-16(11-15)24-2/h5,8-9,11,13-14H,3-4,6-7,10,12,19H2,1-2H3,(H,20,22). The van der Waals surface area contributed by atoms with Crippen LogP contribution in [0.25, 0.3) is 0 Å². The molecule has 3 N–H and O–H groups in total. The van der Waals surface area contributed by atoms with Crippen molar-refractivity contribution in [3.63, 3.8) is 0 Å². The molecule has 2 rings (SSSR count). The molecule has 6 heteroatoms. The molecule has 1 fully saturated rings. The van der Waals surface area contributed by atoms with Crippen LogP contribution in [-0.4, -0.2) is 43.0 Å². The molecule has 0 bridgehead atoms. The van der Waals surface area contributed by atoms with Crippen LogP contribution < -0.4 is 15.8 Å². The summed E-state index contributed by atoms with van der Waals surface area (Å²) in [5.74, 6) is 0.442.